The first-order chi connectivity index (χ1) is 10.2. The van der Waals surface area contributed by atoms with Crippen LogP contribution in [-0.2, 0) is 4.74 Å². The normalized spacial score (nSPS) is 12.0. The molecule has 0 bridgehead atoms. The Kier molecular flexibility index (Phi) is 5.12. The first-order valence-corrected chi connectivity index (χ1v) is 7.68. The van der Waals surface area contributed by atoms with Gasteiger partial charge in [0.2, 0.25) is 0 Å². The molecule has 1 aromatic heterocycles. The van der Waals surface area contributed by atoms with Gasteiger partial charge in [-0.15, -0.1) is 11.3 Å². The summed E-state index contributed by atoms with van der Waals surface area (Å²) in [6, 6.07) is 5.67. The fourth-order valence-corrected chi connectivity index (χ4v) is 3.11. The van der Waals surface area contributed by atoms with Gasteiger partial charge in [0.05, 0.1) is 12.7 Å². The molecule has 21 heavy (non-hydrogen) atoms. The molecule has 0 N–H and O–H groups in total. The number of hydrogen-bond acceptors (Lipinski definition) is 3. The molecule has 2 aromatic rings. The molecule has 0 unspecified atom stereocenters. The number of benzene rings is 1. The summed E-state index contributed by atoms with van der Waals surface area (Å²) < 4.78 is 5.96. The number of methoxy groups -OCH3 is 1. The van der Waals surface area contributed by atoms with Crippen LogP contribution in [0.1, 0.15) is 29.3 Å². The van der Waals surface area contributed by atoms with Crippen LogP contribution in [0.15, 0.2) is 54.5 Å². The molecule has 1 heterocycles. The Bertz CT molecular complexity index is 720. The lowest BCUT2D eigenvalue weighted by Gasteiger charge is -2.03. The minimum atomic E-state index is -0.309. The van der Waals surface area contributed by atoms with Gasteiger partial charge in [-0.25, -0.2) is 4.79 Å². The van der Waals surface area contributed by atoms with Gasteiger partial charge in [0.15, 0.2) is 0 Å². The second-order valence-corrected chi connectivity index (χ2v) is 5.43. The summed E-state index contributed by atoms with van der Waals surface area (Å²) in [5, 5.41) is 3.21. The SMILES string of the molecule is C=C/C=C\C(=C/CC)c1csc2ccc(C(=O)OC)cc12. The molecule has 0 atom stereocenters. The number of carbonyl (C=O) groups is 1. The zero-order chi connectivity index (χ0) is 15.2. The number of carbonyl (C=O) groups excluding carboxylic acids is 1. The summed E-state index contributed by atoms with van der Waals surface area (Å²) in [6.45, 7) is 5.82. The number of fused-ring (bicyclic) bond motifs is 1. The molecule has 0 spiro atoms. The Morgan fingerprint density at radius 1 is 1.43 bits per heavy atom. The number of thiophene rings is 1. The van der Waals surface area contributed by atoms with Gasteiger partial charge in [0.1, 0.15) is 0 Å². The topological polar surface area (TPSA) is 26.3 Å². The quantitative estimate of drug-likeness (QED) is 0.558. The van der Waals surface area contributed by atoms with Crippen molar-refractivity contribution in [2.45, 2.75) is 13.3 Å². The highest BCUT2D eigenvalue weighted by atomic mass is 32.1. The summed E-state index contributed by atoms with van der Waals surface area (Å²) in [5.74, 6) is -0.309. The standard InChI is InChI=1S/C18H18O2S/c1-4-6-8-13(7-5-2)16-12-21-17-10-9-14(11-15(16)17)18(19)20-3/h4,6-12H,1,5H2,2-3H3/b8-6-,13-7+. The summed E-state index contributed by atoms with van der Waals surface area (Å²) in [7, 11) is 1.40. The van der Waals surface area contributed by atoms with Crippen molar-refractivity contribution >= 4 is 33.0 Å². The fourth-order valence-electron chi connectivity index (χ4n) is 2.16. The van der Waals surface area contributed by atoms with Crippen LogP contribution in [0.2, 0.25) is 0 Å². The first-order valence-electron chi connectivity index (χ1n) is 6.80. The first kappa shape index (κ1) is 15.3. The number of ether oxygens (including phenoxy) is 1. The maximum absolute atomic E-state index is 11.7. The predicted octanol–water partition coefficient (Wildman–Crippen LogP) is 5.22. The smallest absolute Gasteiger partial charge is 0.337 e. The molecule has 3 heteroatoms. The van der Waals surface area contributed by atoms with Gasteiger partial charge in [-0.1, -0.05) is 37.8 Å². The molecule has 2 rings (SSSR count). The lowest BCUT2D eigenvalue weighted by molar-refractivity contribution is 0.0601. The largest absolute Gasteiger partial charge is 0.465 e. The molecule has 0 aliphatic carbocycles. The molecular weight excluding hydrogens is 280 g/mol. The van der Waals surface area contributed by atoms with E-state index in [2.05, 4.69) is 25.0 Å². The minimum absolute atomic E-state index is 0.309. The highest BCUT2D eigenvalue weighted by molar-refractivity contribution is 7.17. The zero-order valence-electron chi connectivity index (χ0n) is 12.3. The summed E-state index contributed by atoms with van der Waals surface area (Å²) in [6.07, 6.45) is 8.85. The van der Waals surface area contributed by atoms with Gasteiger partial charge in [0, 0.05) is 10.1 Å². The van der Waals surface area contributed by atoms with Crippen molar-refractivity contribution in [1.82, 2.24) is 0 Å². The van der Waals surface area contributed by atoms with E-state index in [9.17, 15) is 4.79 Å². The molecule has 0 saturated carbocycles. The van der Waals surface area contributed by atoms with Crippen molar-refractivity contribution in [3.63, 3.8) is 0 Å². The van der Waals surface area contributed by atoms with Crippen molar-refractivity contribution in [2.24, 2.45) is 0 Å². The highest BCUT2D eigenvalue weighted by Gasteiger charge is 2.11. The fraction of sp³-hybridized carbons (Fsp3) is 0.167. The van der Waals surface area contributed by atoms with Crippen molar-refractivity contribution in [3.05, 3.63) is 65.6 Å². The monoisotopic (exact) mass is 298 g/mol. The molecular formula is C18H18O2S. The van der Waals surface area contributed by atoms with E-state index in [0.717, 1.165) is 27.6 Å². The van der Waals surface area contributed by atoms with Gasteiger partial charge in [0.25, 0.3) is 0 Å². The van der Waals surface area contributed by atoms with Gasteiger partial charge < -0.3 is 4.74 Å². The Labute approximate surface area is 129 Å². The van der Waals surface area contributed by atoms with Crippen LogP contribution < -0.4 is 0 Å². The molecule has 0 radical (unpaired) electrons. The van der Waals surface area contributed by atoms with Crippen molar-refractivity contribution < 1.29 is 9.53 Å². The molecule has 2 nitrogen and oxygen atoms in total. The second kappa shape index (κ2) is 7.04. The van der Waals surface area contributed by atoms with Gasteiger partial charge in [-0.2, -0.15) is 0 Å². The summed E-state index contributed by atoms with van der Waals surface area (Å²) in [5.41, 5.74) is 2.86. The van der Waals surface area contributed by atoms with Crippen molar-refractivity contribution in [1.29, 1.82) is 0 Å². The Balaban J connectivity index is 2.57. The molecule has 1 aromatic carbocycles. The van der Waals surface area contributed by atoms with Crippen molar-refractivity contribution in [2.75, 3.05) is 7.11 Å². The van der Waals surface area contributed by atoms with E-state index < -0.39 is 0 Å². The van der Waals surface area contributed by atoms with Crippen LogP contribution in [0.4, 0.5) is 0 Å². The molecule has 108 valence electrons. The lowest BCUT2D eigenvalue weighted by atomic mass is 10.0. The third-order valence-electron chi connectivity index (χ3n) is 3.14. The number of rotatable bonds is 5. The number of allylic oxidation sites excluding steroid dienone is 5. The molecule has 0 saturated heterocycles. The Morgan fingerprint density at radius 3 is 2.90 bits per heavy atom. The van der Waals surface area contributed by atoms with Crippen LogP contribution in [0.3, 0.4) is 0 Å². The number of esters is 1. The van der Waals surface area contributed by atoms with E-state index in [1.165, 1.54) is 7.11 Å². The molecule has 0 amide bonds. The second-order valence-electron chi connectivity index (χ2n) is 4.51. The summed E-state index contributed by atoms with van der Waals surface area (Å²) in [4.78, 5) is 11.7. The maximum atomic E-state index is 11.7. The van der Waals surface area contributed by atoms with Crippen LogP contribution in [-0.4, -0.2) is 13.1 Å². The van der Waals surface area contributed by atoms with E-state index >= 15 is 0 Å². The lowest BCUT2D eigenvalue weighted by Crippen LogP contribution is -2.00. The average Bonchev–Trinajstić information content (AvgIpc) is 2.93. The minimum Gasteiger partial charge on any atom is -0.465 e. The highest BCUT2D eigenvalue weighted by Crippen LogP contribution is 2.32. The maximum Gasteiger partial charge on any atom is 0.337 e. The summed E-state index contributed by atoms with van der Waals surface area (Å²) >= 11 is 1.68. The van der Waals surface area contributed by atoms with Gasteiger partial charge in [-0.3, -0.25) is 0 Å². The third kappa shape index (κ3) is 3.31. The zero-order valence-corrected chi connectivity index (χ0v) is 13.1. The van der Waals surface area contributed by atoms with E-state index in [4.69, 9.17) is 4.74 Å². The molecule has 0 fully saturated rings. The molecule has 0 aliphatic rings. The van der Waals surface area contributed by atoms with E-state index in [1.807, 2.05) is 24.3 Å². The van der Waals surface area contributed by atoms with E-state index in [1.54, 1.807) is 23.5 Å². The molecule has 0 aliphatic heterocycles. The van der Waals surface area contributed by atoms with Crippen LogP contribution in [0, 0.1) is 0 Å². The van der Waals surface area contributed by atoms with Crippen LogP contribution in [0.25, 0.3) is 15.7 Å². The number of hydrogen-bond donors (Lipinski definition) is 0. The van der Waals surface area contributed by atoms with Gasteiger partial charge in [-0.05, 0) is 41.1 Å². The third-order valence-corrected chi connectivity index (χ3v) is 4.10. The Hall–Kier alpha value is -2.13. The van der Waals surface area contributed by atoms with Gasteiger partial charge >= 0.3 is 5.97 Å². The van der Waals surface area contributed by atoms with Crippen LogP contribution >= 0.6 is 11.3 Å². The Morgan fingerprint density at radius 2 is 2.24 bits per heavy atom. The average molecular weight is 298 g/mol. The predicted molar refractivity (Wildman–Crippen MR) is 90.8 cm³/mol. The van der Waals surface area contributed by atoms with E-state index in [0.29, 0.717) is 5.56 Å². The van der Waals surface area contributed by atoms with E-state index in [-0.39, 0.29) is 5.97 Å². The van der Waals surface area contributed by atoms with Crippen LogP contribution in [0.5, 0.6) is 0 Å². The van der Waals surface area contributed by atoms with Crippen molar-refractivity contribution in [3.8, 4) is 0 Å².